The van der Waals surface area contributed by atoms with Crippen LogP contribution in [0.5, 0.6) is 5.75 Å². The number of aromatic nitrogens is 2. The highest BCUT2D eigenvalue weighted by molar-refractivity contribution is 6.32. The number of nitrogens with zero attached hydrogens (tertiary/aromatic N) is 3. The van der Waals surface area contributed by atoms with E-state index < -0.39 is 10.9 Å². The van der Waals surface area contributed by atoms with Crippen molar-refractivity contribution in [2.45, 2.75) is 6.61 Å². The predicted molar refractivity (Wildman–Crippen MR) is 72.6 cm³/mol. The van der Waals surface area contributed by atoms with Gasteiger partial charge in [0.1, 0.15) is 17.9 Å². The van der Waals surface area contributed by atoms with E-state index >= 15 is 0 Å². The molecule has 0 amide bonds. The molecule has 0 atom stereocenters. The molecule has 1 N–H and O–H groups in total. The van der Waals surface area contributed by atoms with E-state index in [1.807, 2.05) is 0 Å². The van der Waals surface area contributed by atoms with E-state index in [2.05, 4.69) is 5.10 Å². The fourth-order valence-corrected chi connectivity index (χ4v) is 1.85. The van der Waals surface area contributed by atoms with E-state index in [1.165, 1.54) is 29.1 Å². The minimum atomic E-state index is -1.13. The number of benzene rings is 1. The van der Waals surface area contributed by atoms with Crippen molar-refractivity contribution in [2.24, 2.45) is 7.05 Å². The molecule has 0 aliphatic heterocycles. The maximum Gasteiger partial charge on any atom is 0.339 e. The van der Waals surface area contributed by atoms with Gasteiger partial charge in [-0.3, -0.25) is 14.8 Å². The Morgan fingerprint density at radius 2 is 2.29 bits per heavy atom. The lowest BCUT2D eigenvalue weighted by Crippen LogP contribution is -2.08. The van der Waals surface area contributed by atoms with Gasteiger partial charge in [-0.2, -0.15) is 5.10 Å². The van der Waals surface area contributed by atoms with Gasteiger partial charge in [-0.1, -0.05) is 11.6 Å². The molecule has 0 radical (unpaired) electrons. The first-order chi connectivity index (χ1) is 9.90. The zero-order valence-corrected chi connectivity index (χ0v) is 11.6. The number of nitro groups is 1. The Labute approximate surface area is 123 Å². The van der Waals surface area contributed by atoms with Crippen LogP contribution in [0.3, 0.4) is 0 Å². The first kappa shape index (κ1) is 14.8. The number of aryl methyl sites for hydroxylation is 1. The number of hydrogen-bond donors (Lipinski definition) is 1. The second-order valence-corrected chi connectivity index (χ2v) is 4.50. The molecular weight excluding hydrogens is 302 g/mol. The van der Waals surface area contributed by atoms with Crippen LogP contribution in [0.25, 0.3) is 0 Å². The lowest BCUT2D eigenvalue weighted by atomic mass is 10.2. The van der Waals surface area contributed by atoms with Crippen molar-refractivity contribution < 1.29 is 19.6 Å². The number of hydrogen-bond acceptors (Lipinski definition) is 5. The monoisotopic (exact) mass is 311 g/mol. The number of carboxylic acids is 1. The van der Waals surface area contributed by atoms with Gasteiger partial charge in [0.05, 0.1) is 27.9 Å². The molecular formula is C12H10ClN3O5. The summed E-state index contributed by atoms with van der Waals surface area (Å²) in [7, 11) is 1.57. The van der Waals surface area contributed by atoms with Crippen molar-refractivity contribution in [2.75, 3.05) is 0 Å². The van der Waals surface area contributed by atoms with E-state index in [9.17, 15) is 14.9 Å². The summed E-state index contributed by atoms with van der Waals surface area (Å²) in [4.78, 5) is 21.2. The van der Waals surface area contributed by atoms with Gasteiger partial charge in [0.2, 0.25) is 0 Å². The molecule has 0 spiro atoms. The maximum absolute atomic E-state index is 11.0. The molecule has 0 saturated carbocycles. The van der Waals surface area contributed by atoms with Crippen LogP contribution in [0.1, 0.15) is 16.1 Å². The van der Waals surface area contributed by atoms with E-state index in [4.69, 9.17) is 21.4 Å². The number of carboxylic acid groups (broad SMARTS) is 1. The van der Waals surface area contributed by atoms with Crippen LogP contribution < -0.4 is 4.74 Å². The third-order valence-electron chi connectivity index (χ3n) is 2.78. The predicted octanol–water partition coefficient (Wildman–Crippen LogP) is 2.26. The van der Waals surface area contributed by atoms with Gasteiger partial charge in [0, 0.05) is 13.1 Å². The van der Waals surface area contributed by atoms with Gasteiger partial charge in [-0.05, 0) is 6.07 Å². The van der Waals surface area contributed by atoms with E-state index in [0.29, 0.717) is 5.69 Å². The largest absolute Gasteiger partial charge is 0.485 e. The summed E-state index contributed by atoms with van der Waals surface area (Å²) in [6.45, 7) is -0.126. The van der Waals surface area contributed by atoms with Gasteiger partial charge in [0.15, 0.2) is 0 Å². The summed E-state index contributed by atoms with van der Waals surface area (Å²) >= 11 is 5.90. The Morgan fingerprint density at radius 1 is 1.57 bits per heavy atom. The van der Waals surface area contributed by atoms with E-state index in [-0.39, 0.29) is 28.6 Å². The molecule has 1 heterocycles. The van der Waals surface area contributed by atoms with E-state index in [0.717, 1.165) is 0 Å². The third kappa shape index (κ3) is 3.11. The summed E-state index contributed by atoms with van der Waals surface area (Å²) in [5.41, 5.74) is 0.155. The molecule has 9 heteroatoms. The van der Waals surface area contributed by atoms with Crippen LogP contribution in [0.15, 0.2) is 24.4 Å². The van der Waals surface area contributed by atoms with Crippen molar-refractivity contribution >= 4 is 23.3 Å². The van der Waals surface area contributed by atoms with Gasteiger partial charge in [-0.15, -0.1) is 0 Å². The fraction of sp³-hybridized carbons (Fsp3) is 0.167. The zero-order valence-electron chi connectivity index (χ0n) is 10.8. The van der Waals surface area contributed by atoms with Crippen LogP contribution in [0.4, 0.5) is 5.69 Å². The highest BCUT2D eigenvalue weighted by atomic mass is 35.5. The molecule has 2 aromatic rings. The number of ether oxygens (including phenoxy) is 1. The van der Waals surface area contributed by atoms with Crippen molar-refractivity contribution in [1.82, 2.24) is 9.78 Å². The summed E-state index contributed by atoms with van der Waals surface area (Å²) in [5.74, 6) is -1.03. The summed E-state index contributed by atoms with van der Waals surface area (Å²) in [6, 6.07) is 3.78. The quantitative estimate of drug-likeness (QED) is 0.670. The molecule has 0 saturated heterocycles. The second-order valence-electron chi connectivity index (χ2n) is 4.09. The smallest absolute Gasteiger partial charge is 0.339 e. The first-order valence-electron chi connectivity index (χ1n) is 5.71. The van der Waals surface area contributed by atoms with Gasteiger partial charge >= 0.3 is 5.97 Å². The molecule has 0 aliphatic carbocycles. The molecule has 1 aromatic heterocycles. The Morgan fingerprint density at radius 3 is 2.90 bits per heavy atom. The normalized spacial score (nSPS) is 10.4. The molecule has 0 aliphatic rings. The molecule has 8 nitrogen and oxygen atoms in total. The Kier molecular flexibility index (Phi) is 4.08. The first-order valence-corrected chi connectivity index (χ1v) is 6.09. The zero-order chi connectivity index (χ0) is 15.6. The van der Waals surface area contributed by atoms with Gasteiger partial charge in [-0.25, -0.2) is 4.79 Å². The third-order valence-corrected chi connectivity index (χ3v) is 3.09. The SMILES string of the molecule is Cn1ncc(C(=O)O)c1COc1cc([N+](=O)[O-])ccc1Cl. The fourth-order valence-electron chi connectivity index (χ4n) is 1.68. The molecule has 21 heavy (non-hydrogen) atoms. The van der Waals surface area contributed by atoms with Crippen LogP contribution in [0, 0.1) is 10.1 Å². The average Bonchev–Trinajstić information content (AvgIpc) is 2.79. The topological polar surface area (TPSA) is 107 Å². The molecule has 2 rings (SSSR count). The number of aromatic carboxylic acids is 1. The highest BCUT2D eigenvalue weighted by Crippen LogP contribution is 2.29. The lowest BCUT2D eigenvalue weighted by molar-refractivity contribution is -0.384. The Hall–Kier alpha value is -2.61. The summed E-state index contributed by atoms with van der Waals surface area (Å²) in [6.07, 6.45) is 1.20. The second kappa shape index (κ2) is 5.80. The summed E-state index contributed by atoms with van der Waals surface area (Å²) < 4.78 is 6.74. The van der Waals surface area contributed by atoms with Crippen LogP contribution >= 0.6 is 11.6 Å². The minimum absolute atomic E-state index is 0.000877. The number of nitro benzene ring substituents is 1. The van der Waals surface area contributed by atoms with Gasteiger partial charge in [0.25, 0.3) is 5.69 Å². The van der Waals surface area contributed by atoms with Crippen molar-refractivity contribution in [3.8, 4) is 5.75 Å². The number of halogens is 1. The molecule has 1 aromatic carbocycles. The van der Waals surface area contributed by atoms with Crippen molar-refractivity contribution in [3.05, 3.63) is 50.8 Å². The highest BCUT2D eigenvalue weighted by Gasteiger charge is 2.17. The van der Waals surface area contributed by atoms with Gasteiger partial charge < -0.3 is 9.84 Å². The summed E-state index contributed by atoms with van der Waals surface area (Å²) in [5, 5.41) is 23.8. The number of rotatable bonds is 5. The van der Waals surface area contributed by atoms with Crippen molar-refractivity contribution in [1.29, 1.82) is 0 Å². The maximum atomic E-state index is 11.0. The molecule has 110 valence electrons. The Balaban J connectivity index is 2.24. The minimum Gasteiger partial charge on any atom is -0.485 e. The Bertz CT molecular complexity index is 713. The number of carbonyl (C=O) groups is 1. The van der Waals surface area contributed by atoms with E-state index in [1.54, 1.807) is 7.05 Å². The van der Waals surface area contributed by atoms with Crippen LogP contribution in [-0.4, -0.2) is 25.8 Å². The standard InChI is InChI=1S/C12H10ClN3O5/c1-15-10(8(5-14-15)12(17)18)6-21-11-4-7(16(19)20)2-3-9(11)13/h2-5H,6H2,1H3,(H,17,18). The number of non-ortho nitro benzene ring substituents is 1. The molecule has 0 unspecified atom stereocenters. The molecule has 0 fully saturated rings. The lowest BCUT2D eigenvalue weighted by Gasteiger charge is -2.09. The van der Waals surface area contributed by atoms with Crippen molar-refractivity contribution in [3.63, 3.8) is 0 Å². The molecule has 0 bridgehead atoms. The van der Waals surface area contributed by atoms with Crippen LogP contribution in [-0.2, 0) is 13.7 Å². The van der Waals surface area contributed by atoms with Crippen LogP contribution in [0.2, 0.25) is 5.02 Å². The average molecular weight is 312 g/mol.